The zero-order chi connectivity index (χ0) is 10.2. The first-order valence-electron chi connectivity index (χ1n) is 3.38. The predicted molar refractivity (Wildman–Crippen MR) is 48.6 cm³/mol. The zero-order valence-electron chi connectivity index (χ0n) is 6.60. The van der Waals surface area contributed by atoms with Gasteiger partial charge in [-0.1, -0.05) is 0 Å². The molecule has 0 bridgehead atoms. The van der Waals surface area contributed by atoms with Crippen LogP contribution in [0, 0.1) is 27.9 Å². The van der Waals surface area contributed by atoms with Crippen LogP contribution in [0.3, 0.4) is 0 Å². The molecule has 0 amide bonds. The van der Waals surface area contributed by atoms with Gasteiger partial charge in [-0.05, 0) is 35.1 Å². The highest BCUT2D eigenvalue weighted by Crippen LogP contribution is 2.26. The summed E-state index contributed by atoms with van der Waals surface area (Å²) in [5.41, 5.74) is -0.721. The molecule has 0 saturated heterocycles. The number of alkyl halides is 1. The molecule has 0 atom stereocenters. The average Bonchev–Trinajstić information content (AvgIpc) is 2.13. The molecule has 1 rings (SSSR count). The highest BCUT2D eigenvalue weighted by Gasteiger charge is 2.20. The fourth-order valence-corrected chi connectivity index (χ4v) is 1.51. The van der Waals surface area contributed by atoms with Gasteiger partial charge in [0.25, 0.3) is 0 Å². The van der Waals surface area contributed by atoms with E-state index in [9.17, 15) is 17.6 Å². The summed E-state index contributed by atoms with van der Waals surface area (Å²) in [6.07, 6.45) is 0. The second-order valence-electron chi connectivity index (χ2n) is 2.49. The molecule has 1 aromatic carbocycles. The van der Waals surface area contributed by atoms with Crippen molar-refractivity contribution in [3.8, 4) is 0 Å². The number of halogens is 5. The van der Waals surface area contributed by atoms with Crippen LogP contribution in [0.15, 0.2) is 0 Å². The molecule has 0 unspecified atom stereocenters. The van der Waals surface area contributed by atoms with Crippen LogP contribution in [0.2, 0.25) is 0 Å². The molecule has 0 aliphatic heterocycles. The molecule has 0 spiro atoms. The maximum atomic E-state index is 13.0. The quantitative estimate of drug-likeness (QED) is 0.322. The Morgan fingerprint density at radius 1 is 1.08 bits per heavy atom. The Hall–Kier alpha value is -0.330. The van der Waals surface area contributed by atoms with E-state index in [4.69, 9.17) is 0 Å². The topological polar surface area (TPSA) is 0 Å². The van der Waals surface area contributed by atoms with Crippen molar-refractivity contribution in [1.82, 2.24) is 0 Å². The van der Waals surface area contributed by atoms with Crippen LogP contribution in [-0.4, -0.2) is 0 Å². The molecule has 0 fully saturated rings. The van der Waals surface area contributed by atoms with Gasteiger partial charge < -0.3 is 0 Å². The summed E-state index contributed by atoms with van der Waals surface area (Å²) in [4.78, 5) is 0. The van der Waals surface area contributed by atoms with Gasteiger partial charge in [0, 0.05) is 5.56 Å². The summed E-state index contributed by atoms with van der Waals surface area (Å²) >= 11 is 1.30. The van der Waals surface area contributed by atoms with Crippen LogP contribution in [0.25, 0.3) is 0 Å². The predicted octanol–water partition coefficient (Wildman–Crippen LogP) is 3.49. The lowest BCUT2D eigenvalue weighted by molar-refractivity contribution is 0.435. The fourth-order valence-electron chi connectivity index (χ4n) is 0.946. The zero-order valence-corrected chi connectivity index (χ0v) is 8.75. The molecule has 72 valence electrons. The molecule has 0 radical (unpaired) electrons. The van der Waals surface area contributed by atoms with Crippen molar-refractivity contribution in [2.45, 2.75) is 13.6 Å². The largest absolute Gasteiger partial charge is 0.246 e. The molecule has 0 N–H and O–H groups in total. The summed E-state index contributed by atoms with van der Waals surface area (Å²) in [6, 6.07) is 0. The molecule has 13 heavy (non-hydrogen) atoms. The molecular weight excluding hydrogens is 299 g/mol. The average molecular weight is 304 g/mol. The van der Waals surface area contributed by atoms with Gasteiger partial charge in [0.15, 0.2) is 11.6 Å². The molecule has 0 nitrogen and oxygen atoms in total. The highest BCUT2D eigenvalue weighted by atomic mass is 127. The van der Waals surface area contributed by atoms with Gasteiger partial charge >= 0.3 is 0 Å². The fraction of sp³-hybridized carbons (Fsp3) is 0.250. The third kappa shape index (κ3) is 1.66. The summed E-state index contributed by atoms with van der Waals surface area (Å²) < 4.78 is 50.5. The summed E-state index contributed by atoms with van der Waals surface area (Å²) in [5, 5.41) is 0. The van der Waals surface area contributed by atoms with Crippen molar-refractivity contribution < 1.29 is 17.6 Å². The van der Waals surface area contributed by atoms with Crippen molar-refractivity contribution in [2.75, 3.05) is 0 Å². The Balaban J connectivity index is 3.56. The van der Waals surface area contributed by atoms with E-state index in [1.54, 1.807) is 0 Å². The lowest BCUT2D eigenvalue weighted by Crippen LogP contribution is -2.03. The van der Waals surface area contributed by atoms with Crippen molar-refractivity contribution in [1.29, 1.82) is 0 Å². The minimum atomic E-state index is -1.26. The summed E-state index contributed by atoms with van der Waals surface area (Å²) in [7, 11) is 0. The van der Waals surface area contributed by atoms with Crippen molar-refractivity contribution in [3.05, 3.63) is 32.1 Å². The Kier molecular flexibility index (Phi) is 3.15. The molecule has 0 heterocycles. The minimum absolute atomic E-state index is 0.307. The number of rotatable bonds is 1. The van der Waals surface area contributed by atoms with Crippen LogP contribution in [0.1, 0.15) is 11.1 Å². The van der Waals surface area contributed by atoms with E-state index < -0.39 is 33.3 Å². The van der Waals surface area contributed by atoms with Gasteiger partial charge in [-0.3, -0.25) is 0 Å². The van der Waals surface area contributed by atoms with Gasteiger partial charge in [0.1, 0.15) is 12.5 Å². The molecular formula is C8H5F4I. The maximum absolute atomic E-state index is 13.0. The first-order valence-corrected chi connectivity index (χ1v) is 4.46. The van der Waals surface area contributed by atoms with Crippen LogP contribution in [0.5, 0.6) is 0 Å². The molecule has 1 aromatic rings. The molecule has 0 aliphatic rings. The molecule has 0 saturated carbocycles. The highest BCUT2D eigenvalue weighted by molar-refractivity contribution is 14.1. The Bertz CT molecular complexity index is 319. The number of hydrogen-bond acceptors (Lipinski definition) is 0. The van der Waals surface area contributed by atoms with Crippen LogP contribution < -0.4 is 0 Å². The lowest BCUT2D eigenvalue weighted by Gasteiger charge is -2.07. The third-order valence-corrected chi connectivity index (χ3v) is 2.71. The van der Waals surface area contributed by atoms with Crippen molar-refractivity contribution in [2.24, 2.45) is 0 Å². The van der Waals surface area contributed by atoms with Crippen molar-refractivity contribution in [3.63, 3.8) is 0 Å². The second kappa shape index (κ2) is 3.81. The molecule has 0 aliphatic carbocycles. The van der Waals surface area contributed by atoms with Gasteiger partial charge in [-0.25, -0.2) is 17.6 Å². The Labute approximate surface area is 86.1 Å². The third-order valence-electron chi connectivity index (χ3n) is 1.76. The smallest absolute Gasteiger partial charge is 0.175 e. The van der Waals surface area contributed by atoms with Gasteiger partial charge in [-0.2, -0.15) is 0 Å². The van der Waals surface area contributed by atoms with E-state index in [1.807, 2.05) is 0 Å². The number of benzene rings is 1. The first kappa shape index (κ1) is 10.7. The first-order chi connectivity index (χ1) is 6.00. The molecule has 0 aromatic heterocycles. The summed E-state index contributed by atoms with van der Waals surface area (Å²) in [6.45, 7) is 0.0113. The van der Waals surface area contributed by atoms with Gasteiger partial charge in [-0.15, -0.1) is 0 Å². The SMILES string of the molecule is Cc1c(F)c(F)c(I)c(F)c1CF. The van der Waals surface area contributed by atoms with Gasteiger partial charge in [0.05, 0.1) is 3.57 Å². The van der Waals surface area contributed by atoms with E-state index in [1.165, 1.54) is 22.6 Å². The van der Waals surface area contributed by atoms with Crippen LogP contribution >= 0.6 is 22.6 Å². The lowest BCUT2D eigenvalue weighted by atomic mass is 10.1. The van der Waals surface area contributed by atoms with E-state index in [0.717, 1.165) is 6.92 Å². The van der Waals surface area contributed by atoms with E-state index in [-0.39, 0.29) is 5.56 Å². The standard InChI is InChI=1S/C8H5F4I/c1-3-4(2-9)6(11)8(13)7(12)5(3)10/h2H2,1H3. The van der Waals surface area contributed by atoms with E-state index in [2.05, 4.69) is 0 Å². The molecule has 5 heteroatoms. The Morgan fingerprint density at radius 3 is 2.08 bits per heavy atom. The van der Waals surface area contributed by atoms with E-state index in [0.29, 0.717) is 0 Å². The van der Waals surface area contributed by atoms with E-state index >= 15 is 0 Å². The minimum Gasteiger partial charge on any atom is -0.246 e. The van der Waals surface area contributed by atoms with Crippen LogP contribution in [-0.2, 0) is 6.67 Å². The summed E-state index contributed by atoms with van der Waals surface area (Å²) in [5.74, 6) is -3.45. The van der Waals surface area contributed by atoms with Gasteiger partial charge in [0.2, 0.25) is 0 Å². The maximum Gasteiger partial charge on any atom is 0.175 e. The number of hydrogen-bond donors (Lipinski definition) is 0. The normalized spacial score (nSPS) is 10.6. The monoisotopic (exact) mass is 304 g/mol. The van der Waals surface area contributed by atoms with Crippen molar-refractivity contribution >= 4 is 22.6 Å². The Morgan fingerprint density at radius 2 is 1.62 bits per heavy atom. The van der Waals surface area contributed by atoms with Crippen LogP contribution in [0.4, 0.5) is 17.6 Å². The second-order valence-corrected chi connectivity index (χ2v) is 3.57.